The number of amides is 1. The standard InChI is InChI=1S/C23H26N2O4/c1-23(2,16-7-5-4-6-8-16)17-9-11-18(12-10-17)24-20-19(22(28)29-3)15-25(13-14-26)21(20)27/h4-12,24,26H,13-15H2,1-3H3. The maximum Gasteiger partial charge on any atom is 0.337 e. The molecule has 0 unspecified atom stereocenters. The summed E-state index contributed by atoms with van der Waals surface area (Å²) >= 11 is 0. The van der Waals surface area contributed by atoms with Crippen LogP contribution in [0.3, 0.4) is 0 Å². The van der Waals surface area contributed by atoms with Crippen molar-refractivity contribution >= 4 is 17.6 Å². The summed E-state index contributed by atoms with van der Waals surface area (Å²) in [5.74, 6) is -0.878. The Hall–Kier alpha value is -3.12. The van der Waals surface area contributed by atoms with E-state index in [-0.39, 0.29) is 42.3 Å². The van der Waals surface area contributed by atoms with Crippen molar-refractivity contribution < 1.29 is 19.4 Å². The topological polar surface area (TPSA) is 78.9 Å². The molecule has 1 aliphatic heterocycles. The summed E-state index contributed by atoms with van der Waals surface area (Å²) in [7, 11) is 1.28. The summed E-state index contributed by atoms with van der Waals surface area (Å²) in [5, 5.41) is 12.2. The smallest absolute Gasteiger partial charge is 0.337 e. The number of hydrogen-bond donors (Lipinski definition) is 2. The highest BCUT2D eigenvalue weighted by Crippen LogP contribution is 2.32. The van der Waals surface area contributed by atoms with Crippen molar-refractivity contribution in [2.45, 2.75) is 19.3 Å². The third-order valence-electron chi connectivity index (χ3n) is 5.32. The van der Waals surface area contributed by atoms with Gasteiger partial charge in [0.05, 0.1) is 25.8 Å². The Kier molecular flexibility index (Phi) is 6.03. The fraction of sp³-hybridized carbons (Fsp3) is 0.304. The molecule has 0 spiro atoms. The van der Waals surface area contributed by atoms with Gasteiger partial charge < -0.3 is 20.1 Å². The van der Waals surface area contributed by atoms with Crippen LogP contribution in [0.15, 0.2) is 65.9 Å². The lowest BCUT2D eigenvalue weighted by atomic mass is 9.78. The Morgan fingerprint density at radius 2 is 1.72 bits per heavy atom. The molecular formula is C23H26N2O4. The van der Waals surface area contributed by atoms with Gasteiger partial charge in [0.1, 0.15) is 5.70 Å². The normalized spacial score (nSPS) is 14.3. The highest BCUT2D eigenvalue weighted by Gasteiger charge is 2.34. The average molecular weight is 394 g/mol. The van der Waals surface area contributed by atoms with E-state index in [2.05, 4.69) is 31.3 Å². The van der Waals surface area contributed by atoms with Crippen molar-refractivity contribution in [3.05, 3.63) is 77.0 Å². The first-order valence-electron chi connectivity index (χ1n) is 9.53. The van der Waals surface area contributed by atoms with E-state index in [1.807, 2.05) is 42.5 Å². The van der Waals surface area contributed by atoms with Crippen molar-refractivity contribution in [3.8, 4) is 0 Å². The number of aliphatic hydroxyl groups excluding tert-OH is 1. The molecule has 0 bridgehead atoms. The maximum atomic E-state index is 12.6. The Bertz CT molecular complexity index is 918. The number of β-amino-alcohol motifs (C(OH)–C–C–N with tert-alkyl or cyclic N) is 1. The van der Waals surface area contributed by atoms with Gasteiger partial charge in [0.25, 0.3) is 5.91 Å². The van der Waals surface area contributed by atoms with Crippen LogP contribution in [0.5, 0.6) is 0 Å². The van der Waals surface area contributed by atoms with Crippen LogP contribution in [0.2, 0.25) is 0 Å². The third-order valence-corrected chi connectivity index (χ3v) is 5.32. The molecule has 0 saturated heterocycles. The van der Waals surface area contributed by atoms with Gasteiger partial charge in [0.15, 0.2) is 0 Å². The minimum absolute atomic E-state index is 0.119. The number of aliphatic hydroxyl groups is 1. The predicted octanol–water partition coefficient (Wildman–Crippen LogP) is 2.69. The molecule has 6 nitrogen and oxygen atoms in total. The number of esters is 1. The molecular weight excluding hydrogens is 368 g/mol. The Morgan fingerprint density at radius 1 is 1.10 bits per heavy atom. The fourth-order valence-electron chi connectivity index (χ4n) is 3.49. The highest BCUT2D eigenvalue weighted by molar-refractivity contribution is 6.08. The molecule has 0 atom stereocenters. The Morgan fingerprint density at radius 3 is 2.31 bits per heavy atom. The van der Waals surface area contributed by atoms with Gasteiger partial charge in [-0.1, -0.05) is 56.3 Å². The van der Waals surface area contributed by atoms with Gasteiger partial charge in [-0.15, -0.1) is 0 Å². The van der Waals surface area contributed by atoms with E-state index >= 15 is 0 Å². The van der Waals surface area contributed by atoms with Crippen LogP contribution in [-0.2, 0) is 19.7 Å². The average Bonchev–Trinajstić information content (AvgIpc) is 3.04. The van der Waals surface area contributed by atoms with Crippen molar-refractivity contribution in [1.29, 1.82) is 0 Å². The Labute approximate surface area is 170 Å². The second kappa shape index (κ2) is 8.49. The summed E-state index contributed by atoms with van der Waals surface area (Å²) in [6.07, 6.45) is 0. The number of nitrogens with zero attached hydrogens (tertiary/aromatic N) is 1. The molecule has 3 rings (SSSR count). The number of rotatable bonds is 7. The molecule has 1 aliphatic rings. The van der Waals surface area contributed by atoms with E-state index in [0.29, 0.717) is 5.69 Å². The van der Waals surface area contributed by atoms with Gasteiger partial charge in [-0.05, 0) is 23.3 Å². The van der Waals surface area contributed by atoms with Crippen LogP contribution in [0, 0.1) is 0 Å². The van der Waals surface area contributed by atoms with Gasteiger partial charge in [0, 0.05) is 17.6 Å². The molecule has 2 aromatic rings. The molecule has 152 valence electrons. The van der Waals surface area contributed by atoms with Crippen LogP contribution >= 0.6 is 0 Å². The third kappa shape index (κ3) is 4.17. The molecule has 0 aliphatic carbocycles. The second-order valence-corrected chi connectivity index (χ2v) is 7.49. The van der Waals surface area contributed by atoms with Crippen LogP contribution < -0.4 is 5.32 Å². The van der Waals surface area contributed by atoms with Crippen LogP contribution in [0.4, 0.5) is 5.69 Å². The number of ether oxygens (including phenoxy) is 1. The van der Waals surface area contributed by atoms with Crippen molar-refractivity contribution in [2.75, 3.05) is 32.1 Å². The van der Waals surface area contributed by atoms with Gasteiger partial charge in [0.2, 0.25) is 0 Å². The quantitative estimate of drug-likeness (QED) is 0.706. The zero-order valence-electron chi connectivity index (χ0n) is 16.9. The molecule has 29 heavy (non-hydrogen) atoms. The van der Waals surface area contributed by atoms with E-state index in [9.17, 15) is 9.59 Å². The zero-order chi connectivity index (χ0) is 21.0. The number of benzene rings is 2. The molecule has 1 amide bonds. The number of carbonyl (C=O) groups is 2. The molecule has 0 saturated carbocycles. The highest BCUT2D eigenvalue weighted by atomic mass is 16.5. The van der Waals surface area contributed by atoms with Crippen LogP contribution in [0.1, 0.15) is 25.0 Å². The second-order valence-electron chi connectivity index (χ2n) is 7.49. The molecule has 6 heteroatoms. The van der Waals surface area contributed by atoms with E-state index in [1.54, 1.807) is 0 Å². The molecule has 0 aromatic heterocycles. The van der Waals surface area contributed by atoms with E-state index in [1.165, 1.54) is 17.6 Å². The molecule has 1 heterocycles. The summed E-state index contributed by atoms with van der Waals surface area (Å²) in [6, 6.07) is 18.1. The molecule has 0 fully saturated rings. The zero-order valence-corrected chi connectivity index (χ0v) is 16.9. The monoisotopic (exact) mass is 394 g/mol. The summed E-state index contributed by atoms with van der Waals surface area (Å²) in [5.41, 5.74) is 3.34. The lowest BCUT2D eigenvalue weighted by molar-refractivity contribution is -0.136. The van der Waals surface area contributed by atoms with Crippen molar-refractivity contribution in [3.63, 3.8) is 0 Å². The van der Waals surface area contributed by atoms with Gasteiger partial charge in [-0.25, -0.2) is 4.79 Å². The van der Waals surface area contributed by atoms with E-state index in [0.717, 1.165) is 5.56 Å². The van der Waals surface area contributed by atoms with Crippen molar-refractivity contribution in [2.24, 2.45) is 0 Å². The number of carbonyl (C=O) groups excluding carboxylic acids is 2. The molecule has 0 radical (unpaired) electrons. The number of hydrogen-bond acceptors (Lipinski definition) is 5. The molecule has 2 aromatic carbocycles. The fourth-order valence-corrected chi connectivity index (χ4v) is 3.49. The van der Waals surface area contributed by atoms with Crippen LogP contribution in [0.25, 0.3) is 0 Å². The summed E-state index contributed by atoms with van der Waals surface area (Å²) < 4.78 is 4.81. The lowest BCUT2D eigenvalue weighted by Gasteiger charge is -2.26. The van der Waals surface area contributed by atoms with E-state index < -0.39 is 5.97 Å². The first-order valence-corrected chi connectivity index (χ1v) is 9.53. The van der Waals surface area contributed by atoms with Crippen LogP contribution in [-0.4, -0.2) is 48.7 Å². The number of nitrogens with one attached hydrogen (secondary N) is 1. The Balaban J connectivity index is 1.84. The first-order chi connectivity index (χ1) is 13.9. The largest absolute Gasteiger partial charge is 0.466 e. The number of methoxy groups -OCH3 is 1. The minimum Gasteiger partial charge on any atom is -0.466 e. The molecule has 2 N–H and O–H groups in total. The van der Waals surface area contributed by atoms with Gasteiger partial charge in [-0.3, -0.25) is 4.79 Å². The van der Waals surface area contributed by atoms with Gasteiger partial charge >= 0.3 is 5.97 Å². The summed E-state index contributed by atoms with van der Waals surface area (Å²) in [6.45, 7) is 4.44. The SMILES string of the molecule is COC(=O)C1=C(Nc2ccc(C(C)(C)c3ccccc3)cc2)C(=O)N(CCO)C1. The van der Waals surface area contributed by atoms with E-state index in [4.69, 9.17) is 9.84 Å². The lowest BCUT2D eigenvalue weighted by Crippen LogP contribution is -2.31. The van der Waals surface area contributed by atoms with Crippen molar-refractivity contribution in [1.82, 2.24) is 4.90 Å². The first kappa shape index (κ1) is 20.6. The predicted molar refractivity (Wildman–Crippen MR) is 111 cm³/mol. The minimum atomic E-state index is -0.553. The number of anilines is 1. The maximum absolute atomic E-state index is 12.6. The summed E-state index contributed by atoms with van der Waals surface area (Å²) in [4.78, 5) is 26.1. The van der Waals surface area contributed by atoms with Gasteiger partial charge in [-0.2, -0.15) is 0 Å².